The van der Waals surface area contributed by atoms with E-state index in [2.05, 4.69) is 10.0 Å². The van der Waals surface area contributed by atoms with Crippen molar-refractivity contribution in [1.82, 2.24) is 14.9 Å². The number of nitrogens with one attached hydrogen (secondary N) is 2. The Bertz CT molecular complexity index is 781. The van der Waals surface area contributed by atoms with Gasteiger partial charge in [-0.15, -0.1) is 0 Å². The van der Waals surface area contributed by atoms with Crippen LogP contribution in [-0.4, -0.2) is 75.7 Å². The number of carbonyl (C=O) groups excluding carboxylic acids is 2. The van der Waals surface area contributed by atoms with E-state index in [0.29, 0.717) is 31.5 Å². The number of piperidine rings is 1. The van der Waals surface area contributed by atoms with Gasteiger partial charge in [0.25, 0.3) is 5.91 Å². The second kappa shape index (κ2) is 9.97. The Hall–Kier alpha value is -2.01. The van der Waals surface area contributed by atoms with Gasteiger partial charge in [0.2, 0.25) is 15.9 Å². The van der Waals surface area contributed by atoms with Crippen molar-refractivity contribution >= 4 is 21.8 Å². The number of aliphatic hydroxyl groups is 1. The Labute approximate surface area is 165 Å². The lowest BCUT2D eigenvalue weighted by atomic mass is 10.0. The Balaban J connectivity index is 2.05. The molecule has 0 spiro atoms. The molecule has 0 aromatic heterocycles. The molecule has 10 heteroatoms. The zero-order valence-electron chi connectivity index (χ0n) is 16.1. The van der Waals surface area contributed by atoms with Crippen LogP contribution in [0.1, 0.15) is 30.1 Å². The van der Waals surface area contributed by atoms with Crippen molar-refractivity contribution < 1.29 is 27.9 Å². The third-order valence-corrected chi connectivity index (χ3v) is 5.92. The highest BCUT2D eigenvalue weighted by Crippen LogP contribution is 2.17. The van der Waals surface area contributed by atoms with Crippen molar-refractivity contribution in [3.63, 3.8) is 0 Å². The molecule has 28 heavy (non-hydrogen) atoms. The molecule has 1 saturated heterocycles. The highest BCUT2D eigenvalue weighted by Gasteiger charge is 2.31. The van der Waals surface area contributed by atoms with Crippen LogP contribution < -0.4 is 10.0 Å². The topological polar surface area (TPSA) is 125 Å². The van der Waals surface area contributed by atoms with Gasteiger partial charge in [-0.2, -0.15) is 0 Å². The Kier molecular flexibility index (Phi) is 7.93. The molecule has 1 aliphatic heterocycles. The minimum atomic E-state index is -3.59. The summed E-state index contributed by atoms with van der Waals surface area (Å²) in [5, 5.41) is 12.7. The molecule has 0 bridgehead atoms. The number of nitrogens with zero attached hydrogens (tertiary/aromatic N) is 1. The minimum absolute atomic E-state index is 0.0938. The number of sulfonamides is 1. The highest BCUT2D eigenvalue weighted by atomic mass is 32.2. The first-order chi connectivity index (χ1) is 13.3. The SMILES string of the molecule is CCCNS(=O)(=O)c1ccc(C(=O)N2CC[C@@H](O)[C@H](NC(=O)COC)C2)cc1. The maximum Gasteiger partial charge on any atom is 0.253 e. The standard InChI is InChI=1S/C18H27N3O6S/c1-3-9-19-28(25,26)14-6-4-13(5-7-14)18(24)21-10-8-16(22)15(11-21)20-17(23)12-27-2/h4-7,15-16,19,22H,3,8-12H2,1-2H3,(H,20,23)/t15-,16-/m1/s1. The molecule has 1 aromatic carbocycles. The smallest absolute Gasteiger partial charge is 0.253 e. The van der Waals surface area contributed by atoms with E-state index in [0.717, 1.165) is 0 Å². The number of ether oxygens (including phenoxy) is 1. The van der Waals surface area contributed by atoms with Crippen molar-refractivity contribution in [3.05, 3.63) is 29.8 Å². The molecule has 3 N–H and O–H groups in total. The molecule has 2 amide bonds. The fraction of sp³-hybridized carbons (Fsp3) is 0.556. The maximum absolute atomic E-state index is 12.7. The summed E-state index contributed by atoms with van der Waals surface area (Å²) >= 11 is 0. The lowest BCUT2D eigenvalue weighted by Crippen LogP contribution is -2.56. The van der Waals surface area contributed by atoms with E-state index in [1.807, 2.05) is 6.92 Å². The van der Waals surface area contributed by atoms with Gasteiger partial charge < -0.3 is 20.1 Å². The van der Waals surface area contributed by atoms with Crippen LogP contribution >= 0.6 is 0 Å². The fourth-order valence-electron chi connectivity index (χ4n) is 2.92. The van der Waals surface area contributed by atoms with E-state index in [4.69, 9.17) is 4.74 Å². The average Bonchev–Trinajstić information content (AvgIpc) is 2.68. The number of aliphatic hydroxyl groups excluding tert-OH is 1. The first-order valence-electron chi connectivity index (χ1n) is 9.14. The van der Waals surface area contributed by atoms with Crippen LogP contribution in [-0.2, 0) is 19.6 Å². The molecule has 9 nitrogen and oxygen atoms in total. The van der Waals surface area contributed by atoms with Crippen molar-refractivity contribution in [3.8, 4) is 0 Å². The van der Waals surface area contributed by atoms with E-state index in [1.54, 1.807) is 0 Å². The third kappa shape index (κ3) is 5.74. The van der Waals surface area contributed by atoms with Crippen molar-refractivity contribution in [2.24, 2.45) is 0 Å². The molecule has 0 radical (unpaired) electrons. The van der Waals surface area contributed by atoms with Crippen LogP contribution in [0.2, 0.25) is 0 Å². The number of carbonyl (C=O) groups is 2. The molecular weight excluding hydrogens is 386 g/mol. The quantitative estimate of drug-likeness (QED) is 0.538. The third-order valence-electron chi connectivity index (χ3n) is 4.44. The summed E-state index contributed by atoms with van der Waals surface area (Å²) in [4.78, 5) is 26.1. The largest absolute Gasteiger partial charge is 0.391 e. The van der Waals surface area contributed by atoms with Gasteiger partial charge in [-0.1, -0.05) is 6.92 Å². The Morgan fingerprint density at radius 1 is 1.29 bits per heavy atom. The summed E-state index contributed by atoms with van der Waals surface area (Å²) < 4.78 is 31.5. The van der Waals surface area contributed by atoms with Crippen molar-refractivity contribution in [2.45, 2.75) is 36.8 Å². The fourth-order valence-corrected chi connectivity index (χ4v) is 4.06. The number of methoxy groups -OCH3 is 1. The zero-order valence-corrected chi connectivity index (χ0v) is 16.9. The lowest BCUT2D eigenvalue weighted by Gasteiger charge is -2.36. The van der Waals surface area contributed by atoms with Crippen molar-refractivity contribution in [1.29, 1.82) is 0 Å². The number of hydrogen-bond donors (Lipinski definition) is 3. The van der Waals surface area contributed by atoms with Gasteiger partial charge in [0.15, 0.2) is 0 Å². The molecule has 1 aliphatic rings. The van der Waals surface area contributed by atoms with E-state index < -0.39 is 22.2 Å². The number of likely N-dealkylation sites (tertiary alicyclic amines) is 1. The summed E-state index contributed by atoms with van der Waals surface area (Å²) in [5.41, 5.74) is 0.341. The summed E-state index contributed by atoms with van der Waals surface area (Å²) in [6, 6.07) is 5.13. The van der Waals surface area contributed by atoms with Gasteiger partial charge in [-0.25, -0.2) is 13.1 Å². The molecule has 2 atom stereocenters. The minimum Gasteiger partial charge on any atom is -0.391 e. The second-order valence-electron chi connectivity index (χ2n) is 6.64. The molecule has 0 aliphatic carbocycles. The normalized spacial score (nSPS) is 20.0. The molecule has 1 fully saturated rings. The molecule has 1 aromatic rings. The van der Waals surface area contributed by atoms with Crippen LogP contribution in [0.5, 0.6) is 0 Å². The molecular formula is C18H27N3O6S. The number of rotatable bonds is 8. The van der Waals surface area contributed by atoms with Crippen LogP contribution in [0.4, 0.5) is 0 Å². The monoisotopic (exact) mass is 413 g/mol. The molecule has 156 valence electrons. The zero-order chi connectivity index (χ0) is 20.7. The van der Waals surface area contributed by atoms with Gasteiger partial charge in [0.1, 0.15) is 6.61 Å². The Morgan fingerprint density at radius 2 is 1.96 bits per heavy atom. The molecule has 1 heterocycles. The van der Waals surface area contributed by atoms with Crippen LogP contribution in [0.25, 0.3) is 0 Å². The molecule has 0 unspecified atom stereocenters. The number of amides is 2. The van der Waals surface area contributed by atoms with Crippen molar-refractivity contribution in [2.75, 3.05) is 33.4 Å². The molecule has 0 saturated carbocycles. The predicted molar refractivity (Wildman–Crippen MR) is 102 cm³/mol. The van der Waals surface area contributed by atoms with Gasteiger partial charge in [-0.3, -0.25) is 9.59 Å². The number of benzene rings is 1. The van der Waals surface area contributed by atoms with E-state index in [9.17, 15) is 23.1 Å². The Morgan fingerprint density at radius 3 is 2.57 bits per heavy atom. The van der Waals surface area contributed by atoms with E-state index in [1.165, 1.54) is 36.3 Å². The van der Waals surface area contributed by atoms with E-state index >= 15 is 0 Å². The second-order valence-corrected chi connectivity index (χ2v) is 8.40. The van der Waals surface area contributed by atoms with E-state index in [-0.39, 0.29) is 29.9 Å². The van der Waals surface area contributed by atoms with Crippen LogP contribution in [0.3, 0.4) is 0 Å². The van der Waals surface area contributed by atoms with Gasteiger partial charge in [0, 0.05) is 32.3 Å². The summed E-state index contributed by atoms with van der Waals surface area (Å²) in [6.07, 6.45) is 0.262. The van der Waals surface area contributed by atoms with Crippen LogP contribution in [0.15, 0.2) is 29.2 Å². The molecule has 2 rings (SSSR count). The summed E-state index contributed by atoms with van der Waals surface area (Å²) in [5.74, 6) is -0.654. The summed E-state index contributed by atoms with van der Waals surface area (Å²) in [7, 11) is -2.19. The summed E-state index contributed by atoms with van der Waals surface area (Å²) in [6.45, 7) is 2.58. The predicted octanol–water partition coefficient (Wildman–Crippen LogP) is -0.287. The highest BCUT2D eigenvalue weighted by molar-refractivity contribution is 7.89. The average molecular weight is 413 g/mol. The van der Waals surface area contributed by atoms with Gasteiger partial charge in [0.05, 0.1) is 17.0 Å². The van der Waals surface area contributed by atoms with Crippen LogP contribution in [0, 0.1) is 0 Å². The number of hydrogen-bond acceptors (Lipinski definition) is 6. The van der Waals surface area contributed by atoms with Gasteiger partial charge >= 0.3 is 0 Å². The first kappa shape index (κ1) is 22.3. The lowest BCUT2D eigenvalue weighted by molar-refractivity contribution is -0.126. The van der Waals surface area contributed by atoms with Gasteiger partial charge in [-0.05, 0) is 37.1 Å². The maximum atomic E-state index is 12.7. The first-order valence-corrected chi connectivity index (χ1v) is 10.6.